The molecule has 25 heavy (non-hydrogen) atoms. The number of ether oxygens (including phenoxy) is 3. The van der Waals surface area contributed by atoms with Gasteiger partial charge >= 0.3 is 0 Å². The summed E-state index contributed by atoms with van der Waals surface area (Å²) in [4.78, 5) is 12.3. The number of halogens is 1. The molecule has 0 atom stereocenters. The molecular weight excluding hydrogens is 342 g/mol. The molecule has 0 saturated heterocycles. The van der Waals surface area contributed by atoms with Gasteiger partial charge in [-0.3, -0.25) is 4.79 Å². The van der Waals surface area contributed by atoms with Crippen LogP contribution in [0.4, 0.5) is 0 Å². The molecule has 1 aliphatic carbocycles. The highest BCUT2D eigenvalue weighted by Gasteiger charge is 2.16. The van der Waals surface area contributed by atoms with E-state index in [0.29, 0.717) is 47.9 Å². The SMILES string of the molecule is CCOc1c(Cl)cc(C(=O)NCCCOC2CCCCC2)cc1OC. The Labute approximate surface area is 155 Å². The molecule has 1 saturated carbocycles. The van der Waals surface area contributed by atoms with Gasteiger partial charge in [-0.25, -0.2) is 0 Å². The van der Waals surface area contributed by atoms with Crippen molar-refractivity contribution in [1.29, 1.82) is 0 Å². The maximum Gasteiger partial charge on any atom is 0.251 e. The van der Waals surface area contributed by atoms with Crippen LogP contribution in [0.25, 0.3) is 0 Å². The van der Waals surface area contributed by atoms with Crippen molar-refractivity contribution in [3.05, 3.63) is 22.7 Å². The Morgan fingerprint density at radius 2 is 2.04 bits per heavy atom. The van der Waals surface area contributed by atoms with Gasteiger partial charge in [0.1, 0.15) is 0 Å². The summed E-state index contributed by atoms with van der Waals surface area (Å²) >= 11 is 6.20. The predicted octanol–water partition coefficient (Wildman–Crippen LogP) is 4.22. The number of amides is 1. The third-order valence-corrected chi connectivity index (χ3v) is 4.57. The molecule has 1 aromatic rings. The summed E-state index contributed by atoms with van der Waals surface area (Å²) in [5, 5.41) is 3.26. The number of benzene rings is 1. The van der Waals surface area contributed by atoms with Crippen LogP contribution in [0.2, 0.25) is 5.02 Å². The van der Waals surface area contributed by atoms with E-state index in [1.807, 2.05) is 6.92 Å². The Morgan fingerprint density at radius 1 is 1.28 bits per heavy atom. The van der Waals surface area contributed by atoms with Gasteiger partial charge in [0.05, 0.1) is 24.8 Å². The molecule has 140 valence electrons. The second-order valence-electron chi connectivity index (χ2n) is 6.16. The number of carbonyl (C=O) groups is 1. The van der Waals surface area contributed by atoms with Gasteiger partial charge in [0.25, 0.3) is 5.91 Å². The molecule has 1 amide bonds. The topological polar surface area (TPSA) is 56.8 Å². The van der Waals surface area contributed by atoms with Crippen LogP contribution >= 0.6 is 11.6 Å². The van der Waals surface area contributed by atoms with Crippen LogP contribution < -0.4 is 14.8 Å². The van der Waals surface area contributed by atoms with Gasteiger partial charge in [0.15, 0.2) is 11.5 Å². The molecule has 1 aliphatic rings. The quantitative estimate of drug-likeness (QED) is 0.662. The molecule has 0 aliphatic heterocycles. The van der Waals surface area contributed by atoms with Crippen molar-refractivity contribution in [2.45, 2.75) is 51.6 Å². The van der Waals surface area contributed by atoms with Gasteiger partial charge in [-0.15, -0.1) is 0 Å². The first-order valence-electron chi connectivity index (χ1n) is 9.05. The molecule has 6 heteroatoms. The maximum atomic E-state index is 12.3. The van der Waals surface area contributed by atoms with Crippen LogP contribution in [-0.2, 0) is 4.74 Å². The highest BCUT2D eigenvalue weighted by Crippen LogP contribution is 2.36. The second kappa shape index (κ2) is 10.5. The monoisotopic (exact) mass is 369 g/mol. The zero-order valence-electron chi connectivity index (χ0n) is 15.1. The van der Waals surface area contributed by atoms with Crippen LogP contribution in [0.1, 0.15) is 55.8 Å². The lowest BCUT2D eigenvalue weighted by Crippen LogP contribution is -2.26. The average Bonchev–Trinajstić information content (AvgIpc) is 2.63. The number of hydrogen-bond donors (Lipinski definition) is 1. The fourth-order valence-corrected chi connectivity index (χ4v) is 3.26. The van der Waals surface area contributed by atoms with E-state index in [2.05, 4.69) is 5.32 Å². The Balaban J connectivity index is 1.79. The summed E-state index contributed by atoms with van der Waals surface area (Å²) in [6, 6.07) is 3.24. The molecule has 2 rings (SSSR count). The third-order valence-electron chi connectivity index (χ3n) is 4.29. The van der Waals surface area contributed by atoms with Gasteiger partial charge in [0.2, 0.25) is 0 Å². The Bertz CT molecular complexity index is 559. The molecule has 1 N–H and O–H groups in total. The normalized spacial score (nSPS) is 15.0. The minimum absolute atomic E-state index is 0.180. The Kier molecular flexibility index (Phi) is 8.35. The van der Waals surface area contributed by atoms with Crippen molar-refractivity contribution in [1.82, 2.24) is 5.32 Å². The van der Waals surface area contributed by atoms with E-state index in [4.69, 9.17) is 25.8 Å². The molecule has 1 fully saturated rings. The fourth-order valence-electron chi connectivity index (χ4n) is 2.99. The van der Waals surface area contributed by atoms with Crippen LogP contribution in [-0.4, -0.2) is 38.9 Å². The maximum absolute atomic E-state index is 12.3. The van der Waals surface area contributed by atoms with Crippen LogP contribution in [0.15, 0.2) is 12.1 Å². The van der Waals surface area contributed by atoms with Crippen molar-refractivity contribution < 1.29 is 19.0 Å². The van der Waals surface area contributed by atoms with Crippen molar-refractivity contribution >= 4 is 17.5 Å². The molecule has 0 radical (unpaired) electrons. The smallest absolute Gasteiger partial charge is 0.251 e. The molecular formula is C19H28ClNO4. The molecule has 0 heterocycles. The second-order valence-corrected chi connectivity index (χ2v) is 6.57. The van der Waals surface area contributed by atoms with Gasteiger partial charge in [-0.05, 0) is 38.3 Å². The molecule has 5 nitrogen and oxygen atoms in total. The zero-order chi connectivity index (χ0) is 18.1. The van der Waals surface area contributed by atoms with E-state index in [1.165, 1.54) is 26.4 Å². The first kappa shape index (κ1) is 19.9. The third kappa shape index (κ3) is 6.08. The Morgan fingerprint density at radius 3 is 2.72 bits per heavy atom. The fraction of sp³-hybridized carbons (Fsp3) is 0.632. The summed E-state index contributed by atoms with van der Waals surface area (Å²) in [6.07, 6.45) is 7.38. The average molecular weight is 370 g/mol. The number of rotatable bonds is 9. The summed E-state index contributed by atoms with van der Waals surface area (Å²) in [5.74, 6) is 0.741. The van der Waals surface area contributed by atoms with E-state index in [1.54, 1.807) is 12.1 Å². The molecule has 0 spiro atoms. The highest BCUT2D eigenvalue weighted by atomic mass is 35.5. The van der Waals surface area contributed by atoms with Crippen LogP contribution in [0.3, 0.4) is 0 Å². The standard InChI is InChI=1S/C19H28ClNO4/c1-3-24-18-16(20)12-14(13-17(18)23-2)19(22)21-10-7-11-25-15-8-5-4-6-9-15/h12-13,15H,3-11H2,1-2H3,(H,21,22). The highest BCUT2D eigenvalue weighted by molar-refractivity contribution is 6.32. The van der Waals surface area contributed by atoms with Gasteiger partial charge in [-0.1, -0.05) is 30.9 Å². The number of nitrogens with one attached hydrogen (secondary N) is 1. The number of methoxy groups -OCH3 is 1. The molecule has 1 aromatic carbocycles. The first-order chi connectivity index (χ1) is 12.2. The van der Waals surface area contributed by atoms with Gasteiger partial charge < -0.3 is 19.5 Å². The van der Waals surface area contributed by atoms with E-state index in [9.17, 15) is 4.79 Å². The van der Waals surface area contributed by atoms with Crippen molar-refractivity contribution in [2.24, 2.45) is 0 Å². The molecule has 0 unspecified atom stereocenters. The van der Waals surface area contributed by atoms with Crippen LogP contribution in [0, 0.1) is 0 Å². The zero-order valence-corrected chi connectivity index (χ0v) is 15.9. The van der Waals surface area contributed by atoms with E-state index >= 15 is 0 Å². The van der Waals surface area contributed by atoms with Crippen molar-refractivity contribution in [2.75, 3.05) is 26.9 Å². The largest absolute Gasteiger partial charge is 0.493 e. The van der Waals surface area contributed by atoms with E-state index in [0.717, 1.165) is 19.3 Å². The Hall–Kier alpha value is -1.46. The minimum Gasteiger partial charge on any atom is -0.493 e. The van der Waals surface area contributed by atoms with Gasteiger partial charge in [-0.2, -0.15) is 0 Å². The summed E-state index contributed by atoms with van der Waals surface area (Å²) in [7, 11) is 1.53. The first-order valence-corrected chi connectivity index (χ1v) is 9.43. The van der Waals surface area contributed by atoms with Gasteiger partial charge in [0, 0.05) is 18.7 Å². The van der Waals surface area contributed by atoms with E-state index in [-0.39, 0.29) is 5.91 Å². The number of carbonyl (C=O) groups excluding carboxylic acids is 1. The lowest BCUT2D eigenvalue weighted by molar-refractivity contribution is 0.0273. The number of hydrogen-bond acceptors (Lipinski definition) is 4. The van der Waals surface area contributed by atoms with Crippen molar-refractivity contribution in [3.8, 4) is 11.5 Å². The van der Waals surface area contributed by atoms with Crippen LogP contribution in [0.5, 0.6) is 11.5 Å². The molecule has 0 aromatic heterocycles. The van der Waals surface area contributed by atoms with E-state index < -0.39 is 0 Å². The lowest BCUT2D eigenvalue weighted by atomic mass is 9.98. The predicted molar refractivity (Wildman–Crippen MR) is 98.9 cm³/mol. The summed E-state index contributed by atoms with van der Waals surface area (Å²) in [6.45, 7) is 3.59. The summed E-state index contributed by atoms with van der Waals surface area (Å²) < 4.78 is 16.6. The summed E-state index contributed by atoms with van der Waals surface area (Å²) in [5.41, 5.74) is 0.457. The minimum atomic E-state index is -0.180. The molecule has 0 bridgehead atoms. The van der Waals surface area contributed by atoms with Crippen molar-refractivity contribution in [3.63, 3.8) is 0 Å². The lowest BCUT2D eigenvalue weighted by Gasteiger charge is -2.21.